The van der Waals surface area contributed by atoms with Crippen LogP contribution in [0.4, 0.5) is 0 Å². The highest BCUT2D eigenvalue weighted by molar-refractivity contribution is 5.94. The molecule has 0 unspecified atom stereocenters. The Morgan fingerprint density at radius 1 is 1.36 bits per heavy atom. The molecule has 2 rings (SSSR count). The molecule has 1 aliphatic carbocycles. The molecule has 0 N–H and O–H groups in total. The van der Waals surface area contributed by atoms with E-state index in [9.17, 15) is 4.79 Å². The molecule has 1 amide bonds. The van der Waals surface area contributed by atoms with Gasteiger partial charge in [0.25, 0.3) is 5.91 Å². The van der Waals surface area contributed by atoms with Gasteiger partial charge in [-0.15, -0.1) is 0 Å². The number of allylic oxidation sites excluding steroid dienone is 1. The van der Waals surface area contributed by atoms with Crippen molar-refractivity contribution in [3.8, 4) is 0 Å². The molecule has 72 valence electrons. The molecule has 0 bridgehead atoms. The third-order valence-corrected chi connectivity index (χ3v) is 2.43. The lowest BCUT2D eigenvalue weighted by atomic mass is 10.1. The normalized spacial score (nSPS) is 12.7. The van der Waals surface area contributed by atoms with Crippen molar-refractivity contribution in [1.82, 2.24) is 4.90 Å². The predicted molar refractivity (Wildman–Crippen MR) is 57.2 cm³/mol. The second-order valence-electron chi connectivity index (χ2n) is 3.72. The van der Waals surface area contributed by atoms with Crippen LogP contribution >= 0.6 is 0 Å². The molecule has 0 spiro atoms. The summed E-state index contributed by atoms with van der Waals surface area (Å²) >= 11 is 0. The van der Waals surface area contributed by atoms with Crippen molar-refractivity contribution in [2.75, 3.05) is 14.1 Å². The number of hydrogen-bond donors (Lipinski definition) is 0. The van der Waals surface area contributed by atoms with E-state index < -0.39 is 0 Å². The van der Waals surface area contributed by atoms with Crippen LogP contribution < -0.4 is 0 Å². The first-order valence-electron chi connectivity index (χ1n) is 4.69. The molecule has 0 heterocycles. The summed E-state index contributed by atoms with van der Waals surface area (Å²) in [7, 11) is 3.54. The minimum Gasteiger partial charge on any atom is -0.345 e. The molecule has 1 aromatic rings. The summed E-state index contributed by atoms with van der Waals surface area (Å²) < 4.78 is 0. The Kier molecular flexibility index (Phi) is 2.12. The fourth-order valence-corrected chi connectivity index (χ4v) is 1.65. The van der Waals surface area contributed by atoms with Gasteiger partial charge in [-0.25, -0.2) is 0 Å². The van der Waals surface area contributed by atoms with Gasteiger partial charge in [-0.1, -0.05) is 18.2 Å². The number of carbonyl (C=O) groups excluding carboxylic acids is 1. The van der Waals surface area contributed by atoms with Crippen LogP contribution in [0.5, 0.6) is 0 Å². The van der Waals surface area contributed by atoms with E-state index in [0.29, 0.717) is 0 Å². The molecular weight excluding hydrogens is 174 g/mol. The zero-order valence-corrected chi connectivity index (χ0v) is 8.45. The van der Waals surface area contributed by atoms with E-state index in [4.69, 9.17) is 0 Å². The fourth-order valence-electron chi connectivity index (χ4n) is 1.65. The van der Waals surface area contributed by atoms with E-state index in [0.717, 1.165) is 12.0 Å². The minimum absolute atomic E-state index is 0.0692. The summed E-state index contributed by atoms with van der Waals surface area (Å²) in [6, 6.07) is 5.88. The number of carbonyl (C=O) groups is 1. The topological polar surface area (TPSA) is 20.3 Å². The first-order chi connectivity index (χ1) is 6.68. The molecule has 2 nitrogen and oxygen atoms in total. The monoisotopic (exact) mass is 187 g/mol. The number of hydrogen-bond acceptors (Lipinski definition) is 1. The van der Waals surface area contributed by atoms with E-state index in [1.54, 1.807) is 19.0 Å². The van der Waals surface area contributed by atoms with Crippen LogP contribution in [0.15, 0.2) is 24.3 Å². The Bertz CT molecular complexity index is 405. The maximum absolute atomic E-state index is 11.6. The van der Waals surface area contributed by atoms with Crippen LogP contribution in [-0.2, 0) is 6.42 Å². The first-order valence-corrected chi connectivity index (χ1v) is 4.69. The van der Waals surface area contributed by atoms with Gasteiger partial charge in [0.05, 0.1) is 0 Å². The van der Waals surface area contributed by atoms with Gasteiger partial charge in [0.15, 0.2) is 0 Å². The first kappa shape index (κ1) is 9.00. The third kappa shape index (κ3) is 1.43. The molecule has 0 aromatic heterocycles. The molecule has 1 aliphatic rings. The van der Waals surface area contributed by atoms with Gasteiger partial charge in [-0.3, -0.25) is 4.79 Å². The minimum atomic E-state index is 0.0692. The van der Waals surface area contributed by atoms with E-state index in [-0.39, 0.29) is 5.91 Å². The van der Waals surface area contributed by atoms with E-state index in [1.165, 1.54) is 11.1 Å². The zero-order valence-electron chi connectivity index (χ0n) is 8.45. The van der Waals surface area contributed by atoms with Crippen LogP contribution in [0, 0.1) is 0 Å². The maximum Gasteiger partial charge on any atom is 0.253 e. The van der Waals surface area contributed by atoms with Crippen molar-refractivity contribution in [2.45, 2.75) is 6.42 Å². The lowest BCUT2D eigenvalue weighted by Crippen LogP contribution is -2.21. The lowest BCUT2D eigenvalue weighted by Gasteiger charge is -2.11. The van der Waals surface area contributed by atoms with Crippen molar-refractivity contribution in [3.05, 3.63) is 41.0 Å². The smallest absolute Gasteiger partial charge is 0.253 e. The molecule has 0 fully saturated rings. The van der Waals surface area contributed by atoms with E-state index in [1.807, 2.05) is 18.2 Å². The Balaban J connectivity index is 2.35. The maximum atomic E-state index is 11.6. The number of amides is 1. The van der Waals surface area contributed by atoms with Gasteiger partial charge >= 0.3 is 0 Å². The van der Waals surface area contributed by atoms with Gasteiger partial charge < -0.3 is 4.90 Å². The third-order valence-electron chi connectivity index (χ3n) is 2.43. The molecule has 2 heteroatoms. The second kappa shape index (κ2) is 3.29. The Hall–Kier alpha value is -1.57. The molecule has 0 saturated carbocycles. The predicted octanol–water partition coefficient (Wildman–Crippen LogP) is 1.96. The molecular formula is C12H13NO. The quantitative estimate of drug-likeness (QED) is 0.658. The molecule has 0 radical (unpaired) electrons. The molecule has 0 saturated heterocycles. The van der Waals surface area contributed by atoms with Crippen molar-refractivity contribution < 1.29 is 4.79 Å². The van der Waals surface area contributed by atoms with E-state index in [2.05, 4.69) is 12.2 Å². The van der Waals surface area contributed by atoms with Gasteiger partial charge in [-0.05, 0) is 29.7 Å². The summed E-state index contributed by atoms with van der Waals surface area (Å²) in [6.07, 6.45) is 5.16. The Labute approximate surface area is 83.8 Å². The zero-order chi connectivity index (χ0) is 10.1. The van der Waals surface area contributed by atoms with Crippen LogP contribution in [0.1, 0.15) is 21.5 Å². The molecule has 14 heavy (non-hydrogen) atoms. The summed E-state index contributed by atoms with van der Waals surface area (Å²) in [5, 5.41) is 0. The lowest BCUT2D eigenvalue weighted by molar-refractivity contribution is 0.0827. The van der Waals surface area contributed by atoms with Crippen molar-refractivity contribution in [1.29, 1.82) is 0 Å². The van der Waals surface area contributed by atoms with E-state index >= 15 is 0 Å². The summed E-state index contributed by atoms with van der Waals surface area (Å²) in [5.74, 6) is 0.0692. The van der Waals surface area contributed by atoms with Gasteiger partial charge in [0.1, 0.15) is 0 Å². The average Bonchev–Trinajstić information content (AvgIpc) is 2.62. The highest BCUT2D eigenvalue weighted by Gasteiger charge is 2.11. The van der Waals surface area contributed by atoms with Crippen molar-refractivity contribution in [3.63, 3.8) is 0 Å². The van der Waals surface area contributed by atoms with Gasteiger partial charge in [0, 0.05) is 19.7 Å². The Morgan fingerprint density at radius 2 is 2.14 bits per heavy atom. The number of nitrogens with zero attached hydrogens (tertiary/aromatic N) is 1. The summed E-state index contributed by atoms with van der Waals surface area (Å²) in [4.78, 5) is 13.3. The summed E-state index contributed by atoms with van der Waals surface area (Å²) in [6.45, 7) is 0. The van der Waals surface area contributed by atoms with Crippen LogP contribution in [0.3, 0.4) is 0 Å². The second-order valence-corrected chi connectivity index (χ2v) is 3.72. The number of fused-ring (bicyclic) bond motifs is 1. The average molecular weight is 187 g/mol. The number of rotatable bonds is 1. The van der Waals surface area contributed by atoms with Gasteiger partial charge in [-0.2, -0.15) is 0 Å². The SMILES string of the molecule is CN(C)C(=O)c1ccc2c(c1)CC=C2. The van der Waals surface area contributed by atoms with Crippen LogP contribution in [0.25, 0.3) is 6.08 Å². The molecule has 0 aliphatic heterocycles. The summed E-state index contributed by atoms with van der Waals surface area (Å²) in [5.41, 5.74) is 3.26. The van der Waals surface area contributed by atoms with Gasteiger partial charge in [0.2, 0.25) is 0 Å². The standard InChI is InChI=1S/C12H13NO/c1-13(2)12(14)11-7-6-9-4-3-5-10(9)8-11/h3-4,6-8H,5H2,1-2H3. The highest BCUT2D eigenvalue weighted by atomic mass is 16.2. The molecule has 1 aromatic carbocycles. The Morgan fingerprint density at radius 3 is 2.86 bits per heavy atom. The molecule has 0 atom stereocenters. The van der Waals surface area contributed by atoms with Crippen LogP contribution in [0.2, 0.25) is 0 Å². The highest BCUT2D eigenvalue weighted by Crippen LogP contribution is 2.20. The van der Waals surface area contributed by atoms with Crippen molar-refractivity contribution >= 4 is 12.0 Å². The van der Waals surface area contributed by atoms with Crippen molar-refractivity contribution in [2.24, 2.45) is 0 Å². The number of benzene rings is 1. The van der Waals surface area contributed by atoms with Crippen LogP contribution in [-0.4, -0.2) is 24.9 Å². The fraction of sp³-hybridized carbons (Fsp3) is 0.250. The largest absolute Gasteiger partial charge is 0.345 e.